The lowest BCUT2D eigenvalue weighted by Gasteiger charge is -2.29. The first kappa shape index (κ1) is 12.9. The number of carbonyl (C=O) groups is 1. The predicted molar refractivity (Wildman–Crippen MR) is 77.5 cm³/mol. The van der Waals surface area contributed by atoms with Gasteiger partial charge in [-0.1, -0.05) is 36.4 Å². The van der Waals surface area contributed by atoms with Crippen LogP contribution in [0.15, 0.2) is 54.1 Å². The highest BCUT2D eigenvalue weighted by atomic mass is 16.5. The smallest absolute Gasteiger partial charge is 0.170 e. The standard InChI is InChI=1S/C17H16O3/c1-19-14-8-6-12(7-9-14)10-13-11-20-16-5-3-2-4-15(16)17(13)18/h2-10,15-16H,11H2,1H3/b13-10+. The molecular weight excluding hydrogens is 252 g/mol. The van der Waals surface area contributed by atoms with Crippen LogP contribution in [0, 0.1) is 5.92 Å². The molecule has 0 radical (unpaired) electrons. The lowest BCUT2D eigenvalue weighted by Crippen LogP contribution is -2.36. The molecule has 1 aromatic rings. The largest absolute Gasteiger partial charge is 0.497 e. The van der Waals surface area contributed by atoms with Gasteiger partial charge in [0.2, 0.25) is 0 Å². The van der Waals surface area contributed by atoms with Gasteiger partial charge in [0.1, 0.15) is 5.75 Å². The van der Waals surface area contributed by atoms with E-state index in [1.807, 2.05) is 54.6 Å². The Balaban J connectivity index is 1.82. The zero-order valence-corrected chi connectivity index (χ0v) is 11.3. The lowest BCUT2D eigenvalue weighted by atomic mass is 9.86. The molecule has 1 fully saturated rings. The van der Waals surface area contributed by atoms with E-state index in [1.54, 1.807) is 7.11 Å². The van der Waals surface area contributed by atoms with Gasteiger partial charge in [0.25, 0.3) is 0 Å². The number of ether oxygens (including phenoxy) is 2. The minimum absolute atomic E-state index is 0.111. The minimum atomic E-state index is -0.182. The number of fused-ring (bicyclic) bond motifs is 1. The summed E-state index contributed by atoms with van der Waals surface area (Å²) in [6.45, 7) is 0.365. The van der Waals surface area contributed by atoms with Crippen molar-refractivity contribution < 1.29 is 14.3 Å². The second kappa shape index (κ2) is 5.47. The normalized spacial score (nSPS) is 26.6. The number of hydrogen-bond donors (Lipinski definition) is 0. The average Bonchev–Trinajstić information content (AvgIpc) is 2.51. The molecule has 2 atom stereocenters. The summed E-state index contributed by atoms with van der Waals surface area (Å²) in [5, 5.41) is 0. The number of methoxy groups -OCH3 is 1. The van der Waals surface area contributed by atoms with E-state index in [4.69, 9.17) is 9.47 Å². The summed E-state index contributed by atoms with van der Waals surface area (Å²) < 4.78 is 10.9. The molecule has 2 unspecified atom stereocenters. The third kappa shape index (κ3) is 2.45. The van der Waals surface area contributed by atoms with Gasteiger partial charge in [-0.05, 0) is 23.8 Å². The van der Waals surface area contributed by atoms with Crippen LogP contribution in [0.3, 0.4) is 0 Å². The number of ketones is 1. The molecule has 3 nitrogen and oxygen atoms in total. The van der Waals surface area contributed by atoms with E-state index in [1.165, 1.54) is 0 Å². The van der Waals surface area contributed by atoms with Crippen LogP contribution >= 0.6 is 0 Å². The summed E-state index contributed by atoms with van der Waals surface area (Å²) >= 11 is 0. The fourth-order valence-electron chi connectivity index (χ4n) is 2.47. The van der Waals surface area contributed by atoms with Crippen LogP contribution < -0.4 is 4.74 Å². The molecule has 1 aromatic carbocycles. The Bertz CT molecular complexity index is 593. The first-order valence-corrected chi connectivity index (χ1v) is 6.63. The van der Waals surface area contributed by atoms with Gasteiger partial charge in [-0.15, -0.1) is 0 Å². The maximum Gasteiger partial charge on any atom is 0.170 e. The van der Waals surface area contributed by atoms with Crippen molar-refractivity contribution in [1.29, 1.82) is 0 Å². The van der Waals surface area contributed by atoms with E-state index in [0.717, 1.165) is 16.9 Å². The maximum absolute atomic E-state index is 12.4. The molecule has 20 heavy (non-hydrogen) atoms. The molecule has 0 N–H and O–H groups in total. The van der Waals surface area contributed by atoms with Gasteiger partial charge in [-0.3, -0.25) is 4.79 Å². The van der Waals surface area contributed by atoms with Crippen molar-refractivity contribution in [2.75, 3.05) is 13.7 Å². The van der Waals surface area contributed by atoms with Gasteiger partial charge in [0.05, 0.1) is 25.7 Å². The minimum Gasteiger partial charge on any atom is -0.497 e. The molecule has 0 amide bonds. The molecule has 3 rings (SSSR count). The summed E-state index contributed by atoms with van der Waals surface area (Å²) in [6.07, 6.45) is 9.46. The third-order valence-corrected chi connectivity index (χ3v) is 3.59. The van der Waals surface area contributed by atoms with Crippen molar-refractivity contribution >= 4 is 11.9 Å². The molecule has 1 heterocycles. The second-order valence-electron chi connectivity index (χ2n) is 4.88. The number of Topliss-reactive ketones (excluding diaryl/α,β-unsaturated/α-hetero) is 1. The average molecular weight is 268 g/mol. The quantitative estimate of drug-likeness (QED) is 0.774. The molecular formula is C17H16O3. The van der Waals surface area contributed by atoms with Crippen molar-refractivity contribution in [2.45, 2.75) is 6.10 Å². The Hall–Kier alpha value is -2.13. The van der Waals surface area contributed by atoms with E-state index < -0.39 is 0 Å². The fourth-order valence-corrected chi connectivity index (χ4v) is 2.47. The Morgan fingerprint density at radius 3 is 2.70 bits per heavy atom. The van der Waals surface area contributed by atoms with Crippen LogP contribution in [0.1, 0.15) is 5.56 Å². The van der Waals surface area contributed by atoms with Gasteiger partial charge in [-0.2, -0.15) is 0 Å². The molecule has 2 aliphatic rings. The molecule has 0 saturated carbocycles. The van der Waals surface area contributed by atoms with Crippen molar-refractivity contribution in [3.05, 3.63) is 59.7 Å². The molecule has 1 saturated heterocycles. The van der Waals surface area contributed by atoms with E-state index in [2.05, 4.69) is 0 Å². The van der Waals surface area contributed by atoms with Gasteiger partial charge in [-0.25, -0.2) is 0 Å². The van der Waals surface area contributed by atoms with Gasteiger partial charge in [0.15, 0.2) is 5.78 Å². The lowest BCUT2D eigenvalue weighted by molar-refractivity contribution is -0.125. The number of hydrogen-bond acceptors (Lipinski definition) is 3. The molecule has 0 spiro atoms. The Kier molecular flexibility index (Phi) is 3.52. The van der Waals surface area contributed by atoms with Crippen LogP contribution in [0.25, 0.3) is 6.08 Å². The van der Waals surface area contributed by atoms with Crippen molar-refractivity contribution in [3.8, 4) is 5.75 Å². The number of allylic oxidation sites excluding steroid dienone is 2. The summed E-state index contributed by atoms with van der Waals surface area (Å²) in [5.41, 5.74) is 1.70. The van der Waals surface area contributed by atoms with E-state index in [0.29, 0.717) is 6.61 Å². The van der Waals surface area contributed by atoms with E-state index >= 15 is 0 Å². The number of benzene rings is 1. The van der Waals surface area contributed by atoms with E-state index in [-0.39, 0.29) is 17.8 Å². The first-order valence-electron chi connectivity index (χ1n) is 6.63. The monoisotopic (exact) mass is 268 g/mol. The fraction of sp³-hybridized carbons (Fsp3) is 0.235. The van der Waals surface area contributed by atoms with Gasteiger partial charge < -0.3 is 9.47 Å². The highest BCUT2D eigenvalue weighted by Crippen LogP contribution is 2.27. The van der Waals surface area contributed by atoms with Gasteiger partial charge >= 0.3 is 0 Å². The van der Waals surface area contributed by atoms with Crippen molar-refractivity contribution in [3.63, 3.8) is 0 Å². The Morgan fingerprint density at radius 1 is 1.20 bits per heavy atom. The summed E-state index contributed by atoms with van der Waals surface area (Å²) in [6, 6.07) is 7.63. The molecule has 3 heteroatoms. The maximum atomic E-state index is 12.4. The SMILES string of the molecule is COc1ccc(/C=C2\COC3C=CC=CC3C2=O)cc1. The van der Waals surface area contributed by atoms with Crippen LogP contribution in [-0.4, -0.2) is 25.6 Å². The molecule has 0 bridgehead atoms. The Labute approximate surface area is 118 Å². The van der Waals surface area contributed by atoms with E-state index in [9.17, 15) is 4.79 Å². The van der Waals surface area contributed by atoms with Crippen LogP contribution in [0.4, 0.5) is 0 Å². The van der Waals surface area contributed by atoms with Gasteiger partial charge in [0, 0.05) is 5.57 Å². The highest BCUT2D eigenvalue weighted by Gasteiger charge is 2.33. The number of rotatable bonds is 2. The zero-order valence-electron chi connectivity index (χ0n) is 11.3. The Morgan fingerprint density at radius 2 is 1.95 bits per heavy atom. The molecule has 1 aliphatic carbocycles. The highest BCUT2D eigenvalue weighted by molar-refractivity contribution is 6.03. The topological polar surface area (TPSA) is 35.5 Å². The molecule has 0 aromatic heterocycles. The predicted octanol–water partition coefficient (Wildman–Crippen LogP) is 2.79. The zero-order chi connectivity index (χ0) is 13.9. The van der Waals surface area contributed by atoms with Crippen molar-refractivity contribution in [1.82, 2.24) is 0 Å². The summed E-state index contributed by atoms with van der Waals surface area (Å²) in [4.78, 5) is 12.4. The first-order chi connectivity index (χ1) is 9.78. The van der Waals surface area contributed by atoms with Crippen LogP contribution in [0.5, 0.6) is 5.75 Å². The molecule has 1 aliphatic heterocycles. The van der Waals surface area contributed by atoms with Crippen LogP contribution in [0.2, 0.25) is 0 Å². The summed E-state index contributed by atoms with van der Waals surface area (Å²) in [7, 11) is 1.63. The van der Waals surface area contributed by atoms with Crippen LogP contribution in [-0.2, 0) is 9.53 Å². The molecule has 102 valence electrons. The third-order valence-electron chi connectivity index (χ3n) is 3.59. The van der Waals surface area contributed by atoms with Crippen molar-refractivity contribution in [2.24, 2.45) is 5.92 Å². The second-order valence-corrected chi connectivity index (χ2v) is 4.88. The number of carbonyl (C=O) groups excluding carboxylic acids is 1. The summed E-state index contributed by atoms with van der Waals surface area (Å²) in [5.74, 6) is 0.773.